The number of aromatic nitrogens is 2. The van der Waals surface area contributed by atoms with Gasteiger partial charge in [-0.05, 0) is 31.2 Å². The van der Waals surface area contributed by atoms with Crippen molar-refractivity contribution < 1.29 is 22.7 Å². The first kappa shape index (κ1) is 18.9. The lowest BCUT2D eigenvalue weighted by Crippen LogP contribution is -2.49. The van der Waals surface area contributed by atoms with Gasteiger partial charge in [0.15, 0.2) is 0 Å². The van der Waals surface area contributed by atoms with E-state index in [-0.39, 0.29) is 11.5 Å². The van der Waals surface area contributed by atoms with Crippen LogP contribution in [0.3, 0.4) is 0 Å². The van der Waals surface area contributed by atoms with Gasteiger partial charge in [0.05, 0.1) is 12.7 Å². The molecule has 1 aliphatic heterocycles. The number of carbonyl (C=O) groups excluding carboxylic acids is 1. The van der Waals surface area contributed by atoms with Gasteiger partial charge in [0, 0.05) is 37.8 Å². The van der Waals surface area contributed by atoms with Crippen LogP contribution in [-0.4, -0.2) is 54.1 Å². The van der Waals surface area contributed by atoms with E-state index >= 15 is 0 Å². The molecule has 3 rings (SSSR count). The fraction of sp³-hybridized carbons (Fsp3) is 0.389. The van der Waals surface area contributed by atoms with Crippen molar-refractivity contribution in [3.63, 3.8) is 0 Å². The third-order valence-corrected chi connectivity index (χ3v) is 4.36. The molecule has 1 saturated heterocycles. The summed E-state index contributed by atoms with van der Waals surface area (Å²) in [6.07, 6.45) is -4.41. The number of amides is 1. The molecule has 1 aromatic carbocycles. The summed E-state index contributed by atoms with van der Waals surface area (Å²) in [5, 5.41) is 0. The van der Waals surface area contributed by atoms with Crippen molar-refractivity contribution in [1.82, 2.24) is 14.9 Å². The molecule has 0 bridgehead atoms. The van der Waals surface area contributed by atoms with Crippen LogP contribution < -0.4 is 9.64 Å². The van der Waals surface area contributed by atoms with Crippen LogP contribution >= 0.6 is 0 Å². The van der Waals surface area contributed by atoms with E-state index in [9.17, 15) is 18.0 Å². The molecular weight excluding hydrogens is 361 g/mol. The lowest BCUT2D eigenvalue weighted by molar-refractivity contribution is -0.137. The highest BCUT2D eigenvalue weighted by Gasteiger charge is 2.30. The summed E-state index contributed by atoms with van der Waals surface area (Å²) >= 11 is 0. The first-order valence-electron chi connectivity index (χ1n) is 8.39. The normalized spacial score (nSPS) is 15.0. The minimum atomic E-state index is -4.41. The molecule has 0 saturated carbocycles. The van der Waals surface area contributed by atoms with Gasteiger partial charge in [-0.15, -0.1) is 0 Å². The van der Waals surface area contributed by atoms with Gasteiger partial charge in [0.25, 0.3) is 5.91 Å². The summed E-state index contributed by atoms with van der Waals surface area (Å²) in [6, 6.07) is 6.03. The molecule has 9 heteroatoms. The van der Waals surface area contributed by atoms with E-state index in [1.165, 1.54) is 19.2 Å². The first-order chi connectivity index (χ1) is 12.8. The number of nitrogens with zero attached hydrogens (tertiary/aromatic N) is 4. The first-order valence-corrected chi connectivity index (χ1v) is 8.39. The molecule has 2 heterocycles. The Morgan fingerprint density at radius 1 is 1.07 bits per heavy atom. The van der Waals surface area contributed by atoms with Crippen molar-refractivity contribution in [2.45, 2.75) is 13.1 Å². The van der Waals surface area contributed by atoms with Gasteiger partial charge >= 0.3 is 6.18 Å². The maximum Gasteiger partial charge on any atom is 0.416 e. The topological polar surface area (TPSA) is 58.6 Å². The Balaban J connectivity index is 1.65. The van der Waals surface area contributed by atoms with E-state index in [0.29, 0.717) is 37.9 Å². The predicted molar refractivity (Wildman–Crippen MR) is 92.9 cm³/mol. The standard InChI is InChI=1S/C18H19F3N4O2/c1-12-22-15(11-16(23-12)27-2)24-7-9-25(10-8-24)17(26)13-3-5-14(6-4-13)18(19,20)21/h3-6,11H,7-10H2,1-2H3. The number of halogens is 3. The van der Waals surface area contributed by atoms with Gasteiger partial charge in [-0.1, -0.05) is 0 Å². The highest BCUT2D eigenvalue weighted by atomic mass is 19.4. The van der Waals surface area contributed by atoms with E-state index in [4.69, 9.17) is 4.74 Å². The minimum Gasteiger partial charge on any atom is -0.481 e. The quantitative estimate of drug-likeness (QED) is 0.820. The van der Waals surface area contributed by atoms with Crippen molar-refractivity contribution in [3.05, 3.63) is 47.3 Å². The molecule has 0 N–H and O–H groups in total. The van der Waals surface area contributed by atoms with Crippen LogP contribution in [0.25, 0.3) is 0 Å². The molecule has 1 fully saturated rings. The maximum atomic E-state index is 12.6. The third-order valence-electron chi connectivity index (χ3n) is 4.36. The van der Waals surface area contributed by atoms with Crippen LogP contribution in [0.2, 0.25) is 0 Å². The average Bonchev–Trinajstić information content (AvgIpc) is 2.66. The van der Waals surface area contributed by atoms with E-state index in [1.54, 1.807) is 17.9 Å². The van der Waals surface area contributed by atoms with Crippen LogP contribution in [0.15, 0.2) is 30.3 Å². The number of anilines is 1. The molecule has 1 aliphatic rings. The van der Waals surface area contributed by atoms with Crippen molar-refractivity contribution >= 4 is 11.7 Å². The summed E-state index contributed by atoms with van der Waals surface area (Å²) in [6.45, 7) is 3.80. The molecule has 0 atom stereocenters. The van der Waals surface area contributed by atoms with Gasteiger partial charge in [-0.3, -0.25) is 4.79 Å². The predicted octanol–water partition coefficient (Wildman–Crippen LogP) is 2.77. The second kappa shape index (κ2) is 7.42. The van der Waals surface area contributed by atoms with E-state index in [1.807, 2.05) is 4.90 Å². The Hall–Kier alpha value is -2.84. The second-order valence-electron chi connectivity index (χ2n) is 6.17. The van der Waals surface area contributed by atoms with Crippen LogP contribution in [-0.2, 0) is 6.18 Å². The summed E-state index contributed by atoms with van der Waals surface area (Å²) in [7, 11) is 1.53. The number of alkyl halides is 3. The summed E-state index contributed by atoms with van der Waals surface area (Å²) in [5.74, 6) is 1.51. The van der Waals surface area contributed by atoms with Crippen molar-refractivity contribution in [2.24, 2.45) is 0 Å². The zero-order valence-corrected chi connectivity index (χ0v) is 15.0. The number of rotatable bonds is 3. The molecule has 1 aromatic heterocycles. The second-order valence-corrected chi connectivity index (χ2v) is 6.17. The molecule has 0 radical (unpaired) electrons. The fourth-order valence-electron chi connectivity index (χ4n) is 2.91. The molecule has 1 amide bonds. The Labute approximate surface area is 154 Å². The number of hydrogen-bond acceptors (Lipinski definition) is 5. The number of aryl methyl sites for hydroxylation is 1. The third kappa shape index (κ3) is 4.29. The van der Waals surface area contributed by atoms with Gasteiger partial charge in [0.2, 0.25) is 5.88 Å². The molecule has 6 nitrogen and oxygen atoms in total. The Kier molecular flexibility index (Phi) is 5.20. The molecule has 27 heavy (non-hydrogen) atoms. The monoisotopic (exact) mass is 380 g/mol. The Morgan fingerprint density at radius 3 is 2.26 bits per heavy atom. The van der Waals surface area contributed by atoms with Gasteiger partial charge in [0.1, 0.15) is 11.6 Å². The number of hydrogen-bond donors (Lipinski definition) is 0. The highest BCUT2D eigenvalue weighted by Crippen LogP contribution is 2.29. The van der Waals surface area contributed by atoms with Crippen molar-refractivity contribution in [2.75, 3.05) is 38.2 Å². The number of piperazine rings is 1. The number of methoxy groups -OCH3 is 1. The van der Waals surface area contributed by atoms with E-state index < -0.39 is 11.7 Å². The molecule has 0 spiro atoms. The molecule has 144 valence electrons. The van der Waals surface area contributed by atoms with Crippen LogP contribution in [0.4, 0.5) is 19.0 Å². The van der Waals surface area contributed by atoms with Crippen molar-refractivity contribution in [1.29, 1.82) is 0 Å². The zero-order chi connectivity index (χ0) is 19.6. The summed E-state index contributed by atoms with van der Waals surface area (Å²) in [4.78, 5) is 24.7. The lowest BCUT2D eigenvalue weighted by atomic mass is 10.1. The Bertz CT molecular complexity index is 816. The molecular formula is C18H19F3N4O2. The van der Waals surface area contributed by atoms with E-state index in [0.717, 1.165) is 18.0 Å². The van der Waals surface area contributed by atoms with Gasteiger partial charge in [-0.2, -0.15) is 18.2 Å². The highest BCUT2D eigenvalue weighted by molar-refractivity contribution is 5.94. The van der Waals surface area contributed by atoms with Gasteiger partial charge in [-0.25, -0.2) is 4.98 Å². The van der Waals surface area contributed by atoms with E-state index in [2.05, 4.69) is 9.97 Å². The Morgan fingerprint density at radius 2 is 1.70 bits per heavy atom. The van der Waals surface area contributed by atoms with Crippen LogP contribution in [0.5, 0.6) is 5.88 Å². The molecule has 2 aromatic rings. The van der Waals surface area contributed by atoms with Crippen LogP contribution in [0, 0.1) is 6.92 Å². The number of ether oxygens (including phenoxy) is 1. The zero-order valence-electron chi connectivity index (χ0n) is 15.0. The van der Waals surface area contributed by atoms with Crippen molar-refractivity contribution in [3.8, 4) is 5.88 Å². The van der Waals surface area contributed by atoms with Gasteiger partial charge < -0.3 is 14.5 Å². The molecule has 0 aliphatic carbocycles. The lowest BCUT2D eigenvalue weighted by Gasteiger charge is -2.35. The maximum absolute atomic E-state index is 12.6. The summed E-state index contributed by atoms with van der Waals surface area (Å²) in [5.41, 5.74) is -0.520. The minimum absolute atomic E-state index is 0.246. The number of benzene rings is 1. The summed E-state index contributed by atoms with van der Waals surface area (Å²) < 4.78 is 43.1. The number of carbonyl (C=O) groups is 1. The SMILES string of the molecule is COc1cc(N2CCN(C(=O)c3ccc(C(F)(F)F)cc3)CC2)nc(C)n1. The average molecular weight is 380 g/mol. The largest absolute Gasteiger partial charge is 0.481 e. The molecule has 0 unspecified atom stereocenters. The fourth-order valence-corrected chi connectivity index (χ4v) is 2.91. The van der Waals surface area contributed by atoms with Crippen LogP contribution in [0.1, 0.15) is 21.7 Å². The smallest absolute Gasteiger partial charge is 0.416 e.